The summed E-state index contributed by atoms with van der Waals surface area (Å²) in [6.07, 6.45) is 2.31. The van der Waals surface area contributed by atoms with Crippen LogP contribution in [0.4, 0.5) is 5.69 Å². The summed E-state index contributed by atoms with van der Waals surface area (Å²) in [5, 5.41) is 3.33. The van der Waals surface area contributed by atoms with Gasteiger partial charge in [-0.2, -0.15) is 0 Å². The Hall–Kier alpha value is -1.35. The van der Waals surface area contributed by atoms with Gasteiger partial charge in [0.25, 0.3) is 0 Å². The van der Waals surface area contributed by atoms with Crippen molar-refractivity contribution in [3.63, 3.8) is 0 Å². The number of likely N-dealkylation sites (N-methyl/N-ethyl adjacent to an activating group) is 1. The van der Waals surface area contributed by atoms with Crippen molar-refractivity contribution in [3.05, 3.63) is 29.3 Å². The van der Waals surface area contributed by atoms with Gasteiger partial charge in [-0.15, -0.1) is 0 Å². The quantitative estimate of drug-likeness (QED) is 0.603. The summed E-state index contributed by atoms with van der Waals surface area (Å²) in [6, 6.07) is 5.75. The van der Waals surface area contributed by atoms with E-state index in [1.165, 1.54) is 0 Å². The molecule has 0 spiro atoms. The Morgan fingerprint density at radius 1 is 1.29 bits per heavy atom. The molecular weight excluding hydrogens is 400 g/mol. The first kappa shape index (κ1) is 22.9. The first-order valence-electron chi connectivity index (χ1n) is 9.66. The van der Waals surface area contributed by atoms with Crippen molar-refractivity contribution in [1.82, 2.24) is 15.1 Å². The van der Waals surface area contributed by atoms with Crippen LogP contribution < -0.4 is 9.62 Å². The van der Waals surface area contributed by atoms with Crippen LogP contribution in [0.3, 0.4) is 0 Å². The van der Waals surface area contributed by atoms with Crippen molar-refractivity contribution in [2.24, 2.45) is 0 Å². The summed E-state index contributed by atoms with van der Waals surface area (Å²) in [5.41, 5.74) is 0.398. The number of piperazine rings is 1. The third kappa shape index (κ3) is 6.62. The SMILES string of the molecule is CC[C@H](C(=O)NCCCN1CCN(C)CC1)N(c1cccc(Cl)c1)S(C)(=O)=O. The van der Waals surface area contributed by atoms with E-state index in [1.54, 1.807) is 31.2 Å². The minimum Gasteiger partial charge on any atom is -0.354 e. The van der Waals surface area contributed by atoms with Gasteiger partial charge >= 0.3 is 0 Å². The normalized spacial score (nSPS) is 17.3. The molecule has 28 heavy (non-hydrogen) atoms. The molecule has 1 aromatic rings. The number of nitrogens with one attached hydrogen (secondary N) is 1. The van der Waals surface area contributed by atoms with Crippen molar-refractivity contribution in [3.8, 4) is 0 Å². The molecule has 0 radical (unpaired) electrons. The monoisotopic (exact) mass is 430 g/mol. The molecule has 0 bridgehead atoms. The third-order valence-electron chi connectivity index (χ3n) is 4.94. The Bertz CT molecular complexity index is 751. The number of hydrogen-bond donors (Lipinski definition) is 1. The van der Waals surface area contributed by atoms with Crippen molar-refractivity contribution in [2.75, 3.05) is 56.9 Å². The van der Waals surface area contributed by atoms with Crippen LogP contribution in [-0.4, -0.2) is 82.7 Å². The maximum atomic E-state index is 12.7. The van der Waals surface area contributed by atoms with E-state index < -0.39 is 16.1 Å². The van der Waals surface area contributed by atoms with Crippen molar-refractivity contribution >= 4 is 33.2 Å². The molecule has 1 atom stereocenters. The minimum absolute atomic E-state index is 0.286. The van der Waals surface area contributed by atoms with Crippen LogP contribution in [0.15, 0.2) is 24.3 Å². The van der Waals surface area contributed by atoms with Crippen molar-refractivity contribution < 1.29 is 13.2 Å². The molecule has 1 N–H and O–H groups in total. The average Bonchev–Trinajstić information content (AvgIpc) is 2.63. The highest BCUT2D eigenvalue weighted by atomic mass is 35.5. The highest BCUT2D eigenvalue weighted by molar-refractivity contribution is 7.92. The number of amides is 1. The molecular formula is C19H31ClN4O3S. The largest absolute Gasteiger partial charge is 0.354 e. The fourth-order valence-electron chi connectivity index (χ4n) is 3.38. The Labute approximate surface area is 173 Å². The van der Waals surface area contributed by atoms with Gasteiger partial charge in [-0.3, -0.25) is 9.10 Å². The summed E-state index contributed by atoms with van der Waals surface area (Å²) >= 11 is 6.02. The number of hydrogen-bond acceptors (Lipinski definition) is 5. The molecule has 1 aliphatic rings. The molecule has 1 aromatic carbocycles. The molecule has 1 heterocycles. The second kappa shape index (κ2) is 10.4. The molecule has 1 aliphatic heterocycles. The van der Waals surface area contributed by atoms with Crippen LogP contribution in [0.25, 0.3) is 0 Å². The standard InChI is InChI=1S/C19H31ClN4O3S/c1-4-18(24(28(3,26)27)17-8-5-7-16(20)15-17)19(25)21-9-6-10-23-13-11-22(2)12-14-23/h5,7-8,15,18H,4,6,9-14H2,1-3H3,(H,21,25)/t18-/m1/s1. The van der Waals surface area contributed by atoms with Gasteiger partial charge in [0, 0.05) is 37.7 Å². The molecule has 0 aliphatic carbocycles. The zero-order chi connectivity index (χ0) is 20.7. The van der Waals surface area contributed by atoms with Crippen LogP contribution >= 0.6 is 11.6 Å². The van der Waals surface area contributed by atoms with Gasteiger partial charge in [0.15, 0.2) is 0 Å². The van der Waals surface area contributed by atoms with E-state index in [4.69, 9.17) is 11.6 Å². The van der Waals surface area contributed by atoms with Crippen LogP contribution in [0.2, 0.25) is 5.02 Å². The maximum Gasteiger partial charge on any atom is 0.243 e. The molecule has 1 saturated heterocycles. The number of anilines is 1. The van der Waals surface area contributed by atoms with E-state index >= 15 is 0 Å². The number of carbonyl (C=O) groups is 1. The predicted octanol–water partition coefficient (Wildman–Crippen LogP) is 1.64. The number of rotatable bonds is 9. The Morgan fingerprint density at radius 3 is 2.54 bits per heavy atom. The Balaban J connectivity index is 1.96. The van der Waals surface area contributed by atoms with E-state index in [2.05, 4.69) is 22.2 Å². The lowest BCUT2D eigenvalue weighted by atomic mass is 10.2. The van der Waals surface area contributed by atoms with Crippen LogP contribution in [0, 0.1) is 0 Å². The highest BCUT2D eigenvalue weighted by Gasteiger charge is 2.31. The van der Waals surface area contributed by atoms with Crippen molar-refractivity contribution in [2.45, 2.75) is 25.8 Å². The number of benzene rings is 1. The Morgan fingerprint density at radius 2 is 1.96 bits per heavy atom. The van der Waals surface area contributed by atoms with Crippen molar-refractivity contribution in [1.29, 1.82) is 0 Å². The van der Waals surface area contributed by atoms with Crippen LogP contribution in [0.1, 0.15) is 19.8 Å². The molecule has 1 fully saturated rings. The van der Waals surface area contributed by atoms with E-state index in [9.17, 15) is 13.2 Å². The van der Waals surface area contributed by atoms with E-state index in [-0.39, 0.29) is 5.91 Å². The summed E-state index contributed by atoms with van der Waals surface area (Å²) < 4.78 is 26.0. The zero-order valence-electron chi connectivity index (χ0n) is 16.9. The lowest BCUT2D eigenvalue weighted by molar-refractivity contribution is -0.122. The number of carbonyl (C=O) groups excluding carboxylic acids is 1. The van der Waals surface area contributed by atoms with Gasteiger partial charge in [0.05, 0.1) is 11.9 Å². The van der Waals surface area contributed by atoms with Gasteiger partial charge in [-0.05, 0) is 44.6 Å². The topological polar surface area (TPSA) is 73.0 Å². The first-order valence-corrected chi connectivity index (χ1v) is 11.9. The van der Waals surface area contributed by atoms with Gasteiger partial charge < -0.3 is 15.1 Å². The molecule has 0 unspecified atom stereocenters. The first-order chi connectivity index (χ1) is 13.2. The number of sulfonamides is 1. The third-order valence-corrected chi connectivity index (χ3v) is 6.35. The summed E-state index contributed by atoms with van der Waals surface area (Å²) in [5.74, 6) is -0.286. The van der Waals surface area contributed by atoms with Crippen LogP contribution in [0.5, 0.6) is 0 Å². The zero-order valence-corrected chi connectivity index (χ0v) is 18.5. The summed E-state index contributed by atoms with van der Waals surface area (Å²) in [7, 11) is -1.52. The molecule has 158 valence electrons. The van der Waals surface area contributed by atoms with Gasteiger partial charge in [-0.1, -0.05) is 24.6 Å². The maximum absolute atomic E-state index is 12.7. The molecule has 1 amide bonds. The summed E-state index contributed by atoms with van der Waals surface area (Å²) in [4.78, 5) is 17.4. The number of halogens is 1. The molecule has 2 rings (SSSR count). The van der Waals surface area contributed by atoms with E-state index in [0.717, 1.165) is 49.7 Å². The minimum atomic E-state index is -3.64. The second-order valence-corrected chi connectivity index (χ2v) is 9.55. The van der Waals surface area contributed by atoms with Crippen LogP contribution in [-0.2, 0) is 14.8 Å². The lowest BCUT2D eigenvalue weighted by Gasteiger charge is -2.32. The smallest absolute Gasteiger partial charge is 0.243 e. The molecule has 0 saturated carbocycles. The second-order valence-electron chi connectivity index (χ2n) is 7.25. The molecule has 7 nitrogen and oxygen atoms in total. The fraction of sp³-hybridized carbons (Fsp3) is 0.632. The lowest BCUT2D eigenvalue weighted by Crippen LogP contribution is -2.50. The average molecular weight is 431 g/mol. The molecule has 0 aromatic heterocycles. The fourth-order valence-corrected chi connectivity index (χ4v) is 4.77. The van der Waals surface area contributed by atoms with Gasteiger partial charge in [-0.25, -0.2) is 8.42 Å². The summed E-state index contributed by atoms with van der Waals surface area (Å²) in [6.45, 7) is 7.46. The van der Waals surface area contributed by atoms with Gasteiger partial charge in [0.1, 0.15) is 6.04 Å². The van der Waals surface area contributed by atoms with E-state index in [1.807, 2.05) is 0 Å². The predicted molar refractivity (Wildman–Crippen MR) is 114 cm³/mol. The Kier molecular flexibility index (Phi) is 8.55. The van der Waals surface area contributed by atoms with Gasteiger partial charge in [0.2, 0.25) is 15.9 Å². The number of nitrogens with zero attached hydrogens (tertiary/aromatic N) is 3. The van der Waals surface area contributed by atoms with E-state index in [0.29, 0.717) is 23.7 Å². The highest BCUT2D eigenvalue weighted by Crippen LogP contribution is 2.25. The molecule has 9 heteroatoms.